The third-order valence-corrected chi connectivity index (χ3v) is 7.10. The van der Waals surface area contributed by atoms with Crippen LogP contribution in [0.25, 0.3) is 0 Å². The van der Waals surface area contributed by atoms with Crippen LogP contribution in [0.5, 0.6) is 0 Å². The van der Waals surface area contributed by atoms with E-state index in [-0.39, 0.29) is 22.6 Å². The summed E-state index contributed by atoms with van der Waals surface area (Å²) < 4.78 is 58.6. The molecule has 0 saturated heterocycles. The van der Waals surface area contributed by atoms with Gasteiger partial charge >= 0.3 is 12.1 Å². The smallest absolute Gasteiger partial charge is 0.417 e. The Morgan fingerprint density at radius 1 is 0.833 bits per heavy atom. The van der Waals surface area contributed by atoms with Crippen LogP contribution in [0.3, 0.4) is 0 Å². The Balaban J connectivity index is 1.51. The molecule has 4 aromatic rings. The molecule has 0 bridgehead atoms. The summed E-state index contributed by atoms with van der Waals surface area (Å²) in [4.78, 5) is 39.3. The Kier molecular flexibility index (Phi) is 9.87. The molecule has 2 N–H and O–H groups in total. The van der Waals surface area contributed by atoms with Gasteiger partial charge in [-0.25, -0.2) is 9.18 Å². The van der Waals surface area contributed by atoms with Crippen LogP contribution in [-0.2, 0) is 20.5 Å². The number of thioether (sulfide) groups is 1. The van der Waals surface area contributed by atoms with E-state index in [1.165, 1.54) is 48.5 Å². The first-order valence-electron chi connectivity index (χ1n) is 12.2. The molecule has 42 heavy (non-hydrogen) atoms. The minimum absolute atomic E-state index is 0.0664. The van der Waals surface area contributed by atoms with Gasteiger partial charge in [-0.3, -0.25) is 9.59 Å². The molecule has 0 aliphatic carbocycles. The lowest BCUT2D eigenvalue weighted by molar-refractivity contribution is -0.137. The van der Waals surface area contributed by atoms with Crippen molar-refractivity contribution in [1.82, 2.24) is 0 Å². The summed E-state index contributed by atoms with van der Waals surface area (Å²) >= 11 is 6.71. The van der Waals surface area contributed by atoms with E-state index < -0.39 is 46.5 Å². The quantitative estimate of drug-likeness (QED) is 0.114. The molecule has 4 rings (SSSR count). The Labute approximate surface area is 247 Å². The lowest BCUT2D eigenvalue weighted by atomic mass is 10.1. The van der Waals surface area contributed by atoms with E-state index in [0.29, 0.717) is 16.6 Å². The average Bonchev–Trinajstić information content (AvgIpc) is 2.97. The SMILES string of the molecule is O=C(CSc1ccccc1C(=O)O[C@H](C(=O)Nc1ccc(Cl)c(C(F)(F)F)c1)c1ccccc1)Nc1ccc(F)cc1. The fourth-order valence-electron chi connectivity index (χ4n) is 3.73. The Bertz CT molecular complexity index is 1580. The molecule has 0 unspecified atom stereocenters. The molecule has 12 heteroatoms. The lowest BCUT2D eigenvalue weighted by Gasteiger charge is -2.19. The minimum atomic E-state index is -4.75. The Hall–Kier alpha value is -4.35. The number of rotatable bonds is 9. The zero-order valence-electron chi connectivity index (χ0n) is 21.5. The fraction of sp³-hybridized carbons (Fsp3) is 0.100. The Morgan fingerprint density at radius 3 is 2.17 bits per heavy atom. The number of carbonyl (C=O) groups excluding carboxylic acids is 3. The van der Waals surface area contributed by atoms with Gasteiger partial charge in [-0.1, -0.05) is 54.1 Å². The molecule has 6 nitrogen and oxygen atoms in total. The predicted molar refractivity (Wildman–Crippen MR) is 152 cm³/mol. The van der Waals surface area contributed by atoms with Gasteiger partial charge in [0.1, 0.15) is 5.82 Å². The zero-order valence-corrected chi connectivity index (χ0v) is 23.0. The highest BCUT2D eigenvalue weighted by molar-refractivity contribution is 8.00. The number of benzene rings is 4. The third-order valence-electron chi connectivity index (χ3n) is 5.70. The van der Waals surface area contributed by atoms with Crippen molar-refractivity contribution >= 4 is 52.5 Å². The first-order valence-corrected chi connectivity index (χ1v) is 13.6. The van der Waals surface area contributed by atoms with Crippen LogP contribution in [0.15, 0.2) is 102 Å². The van der Waals surface area contributed by atoms with Gasteiger partial charge in [0.2, 0.25) is 12.0 Å². The van der Waals surface area contributed by atoms with E-state index in [1.807, 2.05) is 0 Å². The van der Waals surface area contributed by atoms with Crippen molar-refractivity contribution in [2.24, 2.45) is 0 Å². The second-order valence-corrected chi connectivity index (χ2v) is 10.1. The van der Waals surface area contributed by atoms with Crippen molar-refractivity contribution in [3.05, 3.63) is 125 Å². The van der Waals surface area contributed by atoms with Crippen molar-refractivity contribution in [3.63, 3.8) is 0 Å². The van der Waals surface area contributed by atoms with Crippen LogP contribution in [0.4, 0.5) is 28.9 Å². The molecule has 0 saturated carbocycles. The van der Waals surface area contributed by atoms with Crippen molar-refractivity contribution < 1.29 is 36.7 Å². The molecular formula is C30H21ClF4N2O4S. The number of halogens is 5. The number of hydrogen-bond donors (Lipinski definition) is 2. The van der Waals surface area contributed by atoms with Crippen molar-refractivity contribution in [3.8, 4) is 0 Å². The standard InChI is InChI=1S/C30H21ClF4N2O4S/c31-24-15-14-21(16-23(24)30(33,34)35)37-28(39)27(18-6-2-1-3-7-18)41-29(40)22-8-4-5-9-25(22)42-17-26(38)36-20-12-10-19(32)11-13-20/h1-16,27H,17H2,(H,36,38)(H,37,39)/t27-/m0/s1. The van der Waals surface area contributed by atoms with Gasteiger partial charge in [-0.15, -0.1) is 11.8 Å². The maximum absolute atomic E-state index is 13.3. The van der Waals surface area contributed by atoms with Crippen LogP contribution in [-0.4, -0.2) is 23.5 Å². The molecule has 0 heterocycles. The highest BCUT2D eigenvalue weighted by Crippen LogP contribution is 2.36. The molecule has 0 fully saturated rings. The van der Waals surface area contributed by atoms with Crippen molar-refractivity contribution in [1.29, 1.82) is 0 Å². The number of nitrogens with one attached hydrogen (secondary N) is 2. The van der Waals surface area contributed by atoms with Crippen LogP contribution in [0.1, 0.15) is 27.6 Å². The molecule has 0 aliphatic heterocycles. The second-order valence-electron chi connectivity index (χ2n) is 8.72. The van der Waals surface area contributed by atoms with Gasteiger partial charge in [0.05, 0.1) is 21.9 Å². The number of amides is 2. The summed E-state index contributed by atoms with van der Waals surface area (Å²) in [6.07, 6.45) is -6.27. The van der Waals surface area contributed by atoms with Gasteiger partial charge < -0.3 is 15.4 Å². The monoisotopic (exact) mass is 616 g/mol. The van der Waals surface area contributed by atoms with Crippen LogP contribution in [0, 0.1) is 5.82 Å². The van der Waals surface area contributed by atoms with E-state index >= 15 is 0 Å². The minimum Gasteiger partial charge on any atom is -0.444 e. The van der Waals surface area contributed by atoms with Crippen LogP contribution < -0.4 is 10.6 Å². The fourth-order valence-corrected chi connectivity index (χ4v) is 4.80. The summed E-state index contributed by atoms with van der Waals surface area (Å²) in [6.45, 7) is 0. The van der Waals surface area contributed by atoms with Crippen molar-refractivity contribution in [2.45, 2.75) is 17.2 Å². The first kappa shape index (κ1) is 30.6. The number of hydrogen-bond acceptors (Lipinski definition) is 5. The highest BCUT2D eigenvalue weighted by Gasteiger charge is 2.34. The maximum atomic E-state index is 13.3. The van der Waals surface area contributed by atoms with E-state index in [0.717, 1.165) is 17.8 Å². The van der Waals surface area contributed by atoms with E-state index in [4.69, 9.17) is 16.3 Å². The second kappa shape index (κ2) is 13.5. The highest BCUT2D eigenvalue weighted by atomic mass is 35.5. The van der Waals surface area contributed by atoms with Gasteiger partial charge in [0.15, 0.2) is 0 Å². The summed E-state index contributed by atoms with van der Waals surface area (Å²) in [6, 6.07) is 22.3. The van der Waals surface area contributed by atoms with Gasteiger partial charge in [-0.05, 0) is 54.6 Å². The molecule has 4 aromatic carbocycles. The molecule has 2 amide bonds. The van der Waals surface area contributed by atoms with Gasteiger partial charge in [-0.2, -0.15) is 13.2 Å². The first-order chi connectivity index (χ1) is 20.0. The molecule has 0 aliphatic rings. The van der Waals surface area contributed by atoms with Gasteiger partial charge in [0.25, 0.3) is 5.91 Å². The molecule has 1 atom stereocenters. The summed E-state index contributed by atoms with van der Waals surface area (Å²) in [5.74, 6) is -2.74. The average molecular weight is 617 g/mol. The number of carbonyl (C=O) groups is 3. The zero-order chi connectivity index (χ0) is 30.3. The van der Waals surface area contributed by atoms with Crippen molar-refractivity contribution in [2.75, 3.05) is 16.4 Å². The Morgan fingerprint density at radius 2 is 1.48 bits per heavy atom. The van der Waals surface area contributed by atoms with Crippen LogP contribution >= 0.6 is 23.4 Å². The largest absolute Gasteiger partial charge is 0.444 e. The summed E-state index contributed by atoms with van der Waals surface area (Å²) in [5, 5.41) is 4.45. The maximum Gasteiger partial charge on any atom is 0.417 e. The van der Waals surface area contributed by atoms with Crippen LogP contribution in [0.2, 0.25) is 5.02 Å². The van der Waals surface area contributed by atoms with E-state index in [2.05, 4.69) is 10.6 Å². The normalized spacial score (nSPS) is 11.8. The van der Waals surface area contributed by atoms with E-state index in [1.54, 1.807) is 36.4 Å². The van der Waals surface area contributed by atoms with E-state index in [9.17, 15) is 31.9 Å². The molecule has 0 aromatic heterocycles. The summed E-state index contributed by atoms with van der Waals surface area (Å²) in [7, 11) is 0. The topological polar surface area (TPSA) is 84.5 Å². The number of anilines is 2. The molecular weight excluding hydrogens is 596 g/mol. The molecule has 216 valence electrons. The third kappa shape index (κ3) is 8.11. The summed E-state index contributed by atoms with van der Waals surface area (Å²) in [5.41, 5.74) is -0.593. The van der Waals surface area contributed by atoms with Gasteiger partial charge in [0, 0.05) is 21.8 Å². The molecule has 0 radical (unpaired) electrons. The number of esters is 1. The predicted octanol–water partition coefficient (Wildman–Crippen LogP) is 7.77. The molecule has 0 spiro atoms. The lowest BCUT2D eigenvalue weighted by Crippen LogP contribution is -2.26. The number of ether oxygens (including phenoxy) is 1. The number of alkyl halides is 3.